The summed E-state index contributed by atoms with van der Waals surface area (Å²) in [7, 11) is 1.89. The summed E-state index contributed by atoms with van der Waals surface area (Å²) in [6.45, 7) is 1.15. The highest BCUT2D eigenvalue weighted by Gasteiger charge is 2.07. The smallest absolute Gasteiger partial charge is 0.160 e. The highest BCUT2D eigenvalue weighted by Crippen LogP contribution is 2.16. The SMILES string of the molecule is CN(CCc1ccccc1Br)CC(=O)CC#N. The summed E-state index contributed by atoms with van der Waals surface area (Å²) in [6, 6.07) is 9.93. The quantitative estimate of drug-likeness (QED) is 0.809. The van der Waals surface area contributed by atoms with E-state index in [1.54, 1.807) is 0 Å². The van der Waals surface area contributed by atoms with Crippen LogP contribution in [0.4, 0.5) is 0 Å². The van der Waals surface area contributed by atoms with Crippen LogP contribution in [0.15, 0.2) is 28.7 Å². The zero-order valence-corrected chi connectivity index (χ0v) is 11.4. The number of Topliss-reactive ketones (excluding diaryl/α,β-unsaturated/α-hetero) is 1. The van der Waals surface area contributed by atoms with E-state index in [4.69, 9.17) is 5.26 Å². The van der Waals surface area contributed by atoms with Gasteiger partial charge in [0, 0.05) is 11.0 Å². The number of hydrogen-bond donors (Lipinski definition) is 0. The summed E-state index contributed by atoms with van der Waals surface area (Å²) in [4.78, 5) is 13.2. The molecule has 90 valence electrons. The van der Waals surface area contributed by atoms with Gasteiger partial charge in [0.1, 0.15) is 0 Å². The van der Waals surface area contributed by atoms with Crippen LogP contribution in [0.5, 0.6) is 0 Å². The highest BCUT2D eigenvalue weighted by atomic mass is 79.9. The van der Waals surface area contributed by atoms with Crippen LogP contribution in [0.3, 0.4) is 0 Å². The maximum Gasteiger partial charge on any atom is 0.160 e. The molecule has 0 saturated heterocycles. The lowest BCUT2D eigenvalue weighted by Gasteiger charge is -2.15. The molecule has 1 rings (SSSR count). The van der Waals surface area contributed by atoms with Crippen LogP contribution in [-0.2, 0) is 11.2 Å². The van der Waals surface area contributed by atoms with Crippen molar-refractivity contribution in [2.45, 2.75) is 12.8 Å². The van der Waals surface area contributed by atoms with Gasteiger partial charge in [-0.25, -0.2) is 0 Å². The van der Waals surface area contributed by atoms with Gasteiger partial charge in [-0.05, 0) is 25.1 Å². The minimum Gasteiger partial charge on any atom is -0.299 e. The Hall–Kier alpha value is -1.18. The second-order valence-corrected chi connectivity index (χ2v) is 4.81. The second kappa shape index (κ2) is 7.21. The zero-order chi connectivity index (χ0) is 12.7. The van der Waals surface area contributed by atoms with E-state index in [9.17, 15) is 4.79 Å². The van der Waals surface area contributed by atoms with Crippen LogP contribution >= 0.6 is 15.9 Å². The summed E-state index contributed by atoms with van der Waals surface area (Å²) >= 11 is 3.49. The van der Waals surface area contributed by atoms with E-state index in [2.05, 4.69) is 22.0 Å². The molecule has 0 aliphatic carbocycles. The third kappa shape index (κ3) is 5.12. The molecule has 0 aliphatic heterocycles. The molecule has 0 aromatic heterocycles. The average molecular weight is 295 g/mol. The summed E-state index contributed by atoms with van der Waals surface area (Å²) in [5.74, 6) is -0.0258. The Morgan fingerprint density at radius 2 is 2.18 bits per heavy atom. The molecule has 0 fully saturated rings. The number of nitriles is 1. The molecule has 0 saturated carbocycles. The van der Waals surface area contributed by atoms with Gasteiger partial charge in [-0.15, -0.1) is 0 Å². The number of hydrogen-bond acceptors (Lipinski definition) is 3. The van der Waals surface area contributed by atoms with Gasteiger partial charge in [0.25, 0.3) is 0 Å². The molecule has 0 spiro atoms. The fourth-order valence-electron chi connectivity index (χ4n) is 1.54. The van der Waals surface area contributed by atoms with Gasteiger partial charge >= 0.3 is 0 Å². The van der Waals surface area contributed by atoms with Crippen molar-refractivity contribution in [2.75, 3.05) is 20.1 Å². The maximum atomic E-state index is 11.3. The van der Waals surface area contributed by atoms with E-state index in [1.165, 1.54) is 5.56 Å². The number of ketones is 1. The first-order valence-corrected chi connectivity index (χ1v) is 6.23. The first kappa shape index (κ1) is 13.9. The van der Waals surface area contributed by atoms with Crippen LogP contribution in [-0.4, -0.2) is 30.8 Å². The summed E-state index contributed by atoms with van der Waals surface area (Å²) in [5, 5.41) is 8.40. The van der Waals surface area contributed by atoms with Crippen LogP contribution in [0.25, 0.3) is 0 Å². The molecule has 0 N–H and O–H groups in total. The van der Waals surface area contributed by atoms with Crippen molar-refractivity contribution >= 4 is 21.7 Å². The largest absolute Gasteiger partial charge is 0.299 e. The van der Waals surface area contributed by atoms with Crippen molar-refractivity contribution in [3.05, 3.63) is 34.3 Å². The lowest BCUT2D eigenvalue weighted by molar-refractivity contribution is -0.118. The number of halogens is 1. The highest BCUT2D eigenvalue weighted by molar-refractivity contribution is 9.10. The van der Waals surface area contributed by atoms with Crippen molar-refractivity contribution in [1.82, 2.24) is 4.90 Å². The monoisotopic (exact) mass is 294 g/mol. The molecule has 1 aromatic carbocycles. The number of likely N-dealkylation sites (N-methyl/N-ethyl adjacent to an activating group) is 1. The fourth-order valence-corrected chi connectivity index (χ4v) is 2.02. The Balaban J connectivity index is 2.39. The van der Waals surface area contributed by atoms with Gasteiger partial charge < -0.3 is 0 Å². The average Bonchev–Trinajstić information content (AvgIpc) is 2.28. The Bertz CT molecular complexity index is 426. The van der Waals surface area contributed by atoms with E-state index < -0.39 is 0 Å². The van der Waals surface area contributed by atoms with Crippen LogP contribution < -0.4 is 0 Å². The standard InChI is InChI=1S/C13H15BrN2O/c1-16(10-12(17)6-8-15)9-7-11-4-2-3-5-13(11)14/h2-5H,6-7,9-10H2,1H3. The molecule has 0 radical (unpaired) electrons. The molecule has 4 heteroatoms. The summed E-state index contributed by atoms with van der Waals surface area (Å²) < 4.78 is 1.09. The van der Waals surface area contributed by atoms with Crippen molar-refractivity contribution in [3.63, 3.8) is 0 Å². The minimum atomic E-state index is -0.0258. The number of carbonyl (C=O) groups excluding carboxylic acids is 1. The van der Waals surface area contributed by atoms with Gasteiger partial charge in [-0.3, -0.25) is 9.69 Å². The molecule has 3 nitrogen and oxygen atoms in total. The molecular weight excluding hydrogens is 280 g/mol. The molecule has 0 heterocycles. The normalized spacial score (nSPS) is 10.2. The number of carbonyl (C=O) groups is 1. The van der Waals surface area contributed by atoms with E-state index in [0.29, 0.717) is 6.54 Å². The molecular formula is C13H15BrN2O. The van der Waals surface area contributed by atoms with Crippen LogP contribution in [0.2, 0.25) is 0 Å². The van der Waals surface area contributed by atoms with E-state index in [0.717, 1.165) is 17.4 Å². The van der Waals surface area contributed by atoms with Gasteiger partial charge in [0.05, 0.1) is 19.0 Å². The number of rotatable bonds is 6. The molecule has 0 unspecified atom stereocenters. The molecule has 0 aliphatic rings. The van der Waals surface area contributed by atoms with Gasteiger partial charge in [0.2, 0.25) is 0 Å². The Kier molecular flexibility index (Phi) is 5.88. The van der Waals surface area contributed by atoms with Crippen molar-refractivity contribution in [1.29, 1.82) is 5.26 Å². The van der Waals surface area contributed by atoms with E-state index in [1.807, 2.05) is 36.2 Å². The zero-order valence-electron chi connectivity index (χ0n) is 9.82. The third-order valence-corrected chi connectivity index (χ3v) is 3.22. The Morgan fingerprint density at radius 3 is 2.82 bits per heavy atom. The lowest BCUT2D eigenvalue weighted by atomic mass is 10.1. The summed E-state index contributed by atoms with van der Waals surface area (Å²) in [6.07, 6.45) is 0.886. The van der Waals surface area contributed by atoms with E-state index >= 15 is 0 Å². The lowest BCUT2D eigenvalue weighted by Crippen LogP contribution is -2.27. The fraction of sp³-hybridized carbons (Fsp3) is 0.385. The summed E-state index contributed by atoms with van der Waals surface area (Å²) in [5.41, 5.74) is 1.23. The van der Waals surface area contributed by atoms with Crippen LogP contribution in [0, 0.1) is 11.3 Å². The van der Waals surface area contributed by atoms with Crippen molar-refractivity contribution in [2.24, 2.45) is 0 Å². The molecule has 17 heavy (non-hydrogen) atoms. The van der Waals surface area contributed by atoms with Gasteiger partial charge in [0.15, 0.2) is 5.78 Å². The Labute approximate surface area is 110 Å². The van der Waals surface area contributed by atoms with Crippen molar-refractivity contribution in [3.8, 4) is 6.07 Å². The minimum absolute atomic E-state index is 0.000624. The predicted molar refractivity (Wildman–Crippen MR) is 70.6 cm³/mol. The maximum absolute atomic E-state index is 11.3. The molecule has 1 aromatic rings. The second-order valence-electron chi connectivity index (χ2n) is 3.95. The first-order valence-electron chi connectivity index (χ1n) is 5.44. The third-order valence-electron chi connectivity index (χ3n) is 2.44. The first-order chi connectivity index (χ1) is 8.13. The molecule has 0 amide bonds. The molecule has 0 bridgehead atoms. The molecule has 0 atom stereocenters. The number of nitrogens with zero attached hydrogens (tertiary/aromatic N) is 2. The topological polar surface area (TPSA) is 44.1 Å². The van der Waals surface area contributed by atoms with E-state index in [-0.39, 0.29) is 12.2 Å². The number of benzene rings is 1. The Morgan fingerprint density at radius 1 is 1.47 bits per heavy atom. The van der Waals surface area contributed by atoms with Gasteiger partial charge in [-0.1, -0.05) is 34.1 Å². The van der Waals surface area contributed by atoms with Crippen molar-refractivity contribution < 1.29 is 4.79 Å². The van der Waals surface area contributed by atoms with Crippen LogP contribution in [0.1, 0.15) is 12.0 Å². The predicted octanol–water partition coefficient (Wildman–Crippen LogP) is 2.41. The van der Waals surface area contributed by atoms with Gasteiger partial charge in [-0.2, -0.15) is 5.26 Å².